The molecular weight excluding hydrogens is 296 g/mol. The van der Waals surface area contributed by atoms with Crippen molar-refractivity contribution in [1.82, 2.24) is 5.32 Å². The Hall–Kier alpha value is -1.04. The second-order valence-corrected chi connectivity index (χ2v) is 7.36. The number of hydrogen-bond acceptors (Lipinski definition) is 4. The summed E-state index contributed by atoms with van der Waals surface area (Å²) in [5.41, 5.74) is 8.05. The number of aryl methyl sites for hydroxylation is 1. The Morgan fingerprint density at radius 2 is 2.14 bits per heavy atom. The zero-order valence-corrected chi connectivity index (χ0v) is 13.7. The van der Waals surface area contributed by atoms with Crippen LogP contribution in [0.5, 0.6) is 0 Å². The second kappa shape index (κ2) is 7.02. The van der Waals surface area contributed by atoms with E-state index in [1.165, 1.54) is 11.1 Å². The molecule has 3 rings (SSSR count). The van der Waals surface area contributed by atoms with Crippen LogP contribution in [0.15, 0.2) is 24.3 Å². The molecule has 1 unspecified atom stereocenters. The summed E-state index contributed by atoms with van der Waals surface area (Å²) in [4.78, 5) is 12.0. The predicted molar refractivity (Wildman–Crippen MR) is 89.9 cm³/mol. The fourth-order valence-electron chi connectivity index (χ4n) is 3.33. The monoisotopic (exact) mass is 320 g/mol. The Morgan fingerprint density at radius 1 is 1.36 bits per heavy atom. The number of nitrogens with two attached hydrogens (primary N) is 1. The van der Waals surface area contributed by atoms with Gasteiger partial charge in [-0.05, 0) is 36.1 Å². The Bertz CT molecular complexity index is 529. The van der Waals surface area contributed by atoms with Crippen molar-refractivity contribution in [3.63, 3.8) is 0 Å². The lowest BCUT2D eigenvalue weighted by atomic mass is 9.79. The number of primary amides is 1. The fourth-order valence-corrected chi connectivity index (χ4v) is 4.40. The van der Waals surface area contributed by atoms with Crippen molar-refractivity contribution < 1.29 is 9.53 Å². The third kappa shape index (κ3) is 3.31. The summed E-state index contributed by atoms with van der Waals surface area (Å²) in [6, 6.07) is 8.92. The molecule has 120 valence electrons. The predicted octanol–water partition coefficient (Wildman–Crippen LogP) is 1.89. The van der Waals surface area contributed by atoms with E-state index in [9.17, 15) is 4.79 Å². The van der Waals surface area contributed by atoms with Gasteiger partial charge in [0.15, 0.2) is 0 Å². The van der Waals surface area contributed by atoms with Crippen LogP contribution in [0.4, 0.5) is 0 Å². The highest BCUT2D eigenvalue weighted by molar-refractivity contribution is 7.99. The van der Waals surface area contributed by atoms with Gasteiger partial charge in [-0.15, -0.1) is 0 Å². The molecule has 0 saturated carbocycles. The first-order chi connectivity index (χ1) is 10.7. The number of amides is 1. The smallest absolute Gasteiger partial charge is 0.225 e. The van der Waals surface area contributed by atoms with E-state index in [1.807, 2.05) is 11.8 Å². The number of hydrogen-bond donors (Lipinski definition) is 2. The summed E-state index contributed by atoms with van der Waals surface area (Å²) < 4.78 is 5.40. The molecule has 0 aliphatic carbocycles. The molecule has 4 nitrogen and oxygen atoms in total. The van der Waals surface area contributed by atoms with Crippen LogP contribution in [-0.4, -0.2) is 37.2 Å². The number of fused-ring (bicyclic) bond motifs is 1. The maximum absolute atomic E-state index is 12.0. The second-order valence-electron chi connectivity index (χ2n) is 6.21. The maximum atomic E-state index is 12.0. The molecule has 0 bridgehead atoms. The number of benzene rings is 1. The summed E-state index contributed by atoms with van der Waals surface area (Å²) in [5.74, 6) is 2.00. The van der Waals surface area contributed by atoms with Gasteiger partial charge in [0, 0.05) is 31.6 Å². The largest absolute Gasteiger partial charge is 0.381 e. The summed E-state index contributed by atoms with van der Waals surface area (Å²) >= 11 is 1.97. The standard InChI is InChI=1S/C17H24N2O2S/c18-16(20)17(6-8-21-9-7-17)12-19-15-11-22-10-5-13-3-1-2-4-14(13)15/h1-4,15,19H,5-12H2,(H2,18,20). The molecule has 22 heavy (non-hydrogen) atoms. The Morgan fingerprint density at radius 3 is 2.91 bits per heavy atom. The van der Waals surface area contributed by atoms with Crippen LogP contribution in [-0.2, 0) is 16.0 Å². The van der Waals surface area contributed by atoms with Crippen LogP contribution >= 0.6 is 11.8 Å². The quantitative estimate of drug-likeness (QED) is 0.889. The molecule has 3 N–H and O–H groups in total. The van der Waals surface area contributed by atoms with Crippen LogP contribution in [0.25, 0.3) is 0 Å². The molecule has 1 fully saturated rings. The summed E-state index contributed by atoms with van der Waals surface area (Å²) in [6.45, 7) is 1.90. The lowest BCUT2D eigenvalue weighted by Gasteiger charge is -2.35. The third-order valence-corrected chi connectivity index (χ3v) is 5.95. The molecule has 0 spiro atoms. The molecule has 1 aromatic rings. The van der Waals surface area contributed by atoms with E-state index in [1.54, 1.807) is 0 Å². The minimum Gasteiger partial charge on any atom is -0.381 e. The van der Waals surface area contributed by atoms with Gasteiger partial charge in [-0.2, -0.15) is 11.8 Å². The number of carbonyl (C=O) groups excluding carboxylic acids is 1. The van der Waals surface area contributed by atoms with Gasteiger partial charge in [-0.25, -0.2) is 0 Å². The van der Waals surface area contributed by atoms with E-state index < -0.39 is 5.41 Å². The van der Waals surface area contributed by atoms with Crippen molar-refractivity contribution in [1.29, 1.82) is 0 Å². The highest BCUT2D eigenvalue weighted by Gasteiger charge is 2.38. The summed E-state index contributed by atoms with van der Waals surface area (Å²) in [5, 5.41) is 3.63. The molecule has 1 aromatic carbocycles. The van der Waals surface area contributed by atoms with Gasteiger partial charge < -0.3 is 15.8 Å². The average molecular weight is 320 g/mol. The van der Waals surface area contributed by atoms with Gasteiger partial charge >= 0.3 is 0 Å². The van der Waals surface area contributed by atoms with Crippen LogP contribution < -0.4 is 11.1 Å². The molecule has 5 heteroatoms. The Kier molecular flexibility index (Phi) is 5.06. The van der Waals surface area contributed by atoms with Gasteiger partial charge in [0.25, 0.3) is 0 Å². The van der Waals surface area contributed by atoms with Crippen molar-refractivity contribution >= 4 is 17.7 Å². The van der Waals surface area contributed by atoms with Crippen LogP contribution in [0, 0.1) is 5.41 Å². The Balaban J connectivity index is 1.73. The molecule has 1 atom stereocenters. The van der Waals surface area contributed by atoms with Gasteiger partial charge in [0.05, 0.1) is 5.41 Å². The number of ether oxygens (including phenoxy) is 1. The van der Waals surface area contributed by atoms with Gasteiger partial charge in [-0.1, -0.05) is 24.3 Å². The first kappa shape index (κ1) is 15.8. The molecule has 1 amide bonds. The van der Waals surface area contributed by atoms with E-state index in [4.69, 9.17) is 10.5 Å². The van der Waals surface area contributed by atoms with Crippen molar-refractivity contribution in [2.45, 2.75) is 25.3 Å². The average Bonchev–Trinajstić information content (AvgIpc) is 2.76. The molecule has 0 aromatic heterocycles. The van der Waals surface area contributed by atoms with E-state index in [0.717, 1.165) is 30.8 Å². The van der Waals surface area contributed by atoms with E-state index >= 15 is 0 Å². The van der Waals surface area contributed by atoms with Crippen molar-refractivity contribution in [2.24, 2.45) is 11.1 Å². The topological polar surface area (TPSA) is 64.4 Å². The van der Waals surface area contributed by atoms with Crippen LogP contribution in [0.2, 0.25) is 0 Å². The zero-order valence-electron chi connectivity index (χ0n) is 12.8. The SMILES string of the molecule is NC(=O)C1(CNC2CSCCc3ccccc32)CCOCC1. The maximum Gasteiger partial charge on any atom is 0.225 e. The first-order valence-electron chi connectivity index (χ1n) is 7.98. The number of rotatable bonds is 4. The number of thioether (sulfide) groups is 1. The fraction of sp³-hybridized carbons (Fsp3) is 0.588. The Labute approximate surface area is 136 Å². The number of nitrogens with one attached hydrogen (secondary N) is 1. The van der Waals surface area contributed by atoms with Crippen LogP contribution in [0.3, 0.4) is 0 Å². The van der Waals surface area contributed by atoms with E-state index in [2.05, 4.69) is 29.6 Å². The lowest BCUT2D eigenvalue weighted by Crippen LogP contribution is -2.49. The van der Waals surface area contributed by atoms with Crippen molar-refractivity contribution in [3.05, 3.63) is 35.4 Å². The van der Waals surface area contributed by atoms with Crippen molar-refractivity contribution in [3.8, 4) is 0 Å². The molecular formula is C17H24N2O2S. The highest BCUT2D eigenvalue weighted by atomic mass is 32.2. The molecule has 2 aliphatic rings. The normalized spacial score (nSPS) is 24.3. The molecule has 0 radical (unpaired) electrons. The minimum absolute atomic E-state index is 0.196. The zero-order chi connectivity index (χ0) is 15.4. The van der Waals surface area contributed by atoms with Crippen LogP contribution in [0.1, 0.15) is 30.0 Å². The summed E-state index contributed by atoms with van der Waals surface area (Å²) in [6.07, 6.45) is 2.56. The van der Waals surface area contributed by atoms with E-state index in [-0.39, 0.29) is 5.91 Å². The van der Waals surface area contributed by atoms with Gasteiger partial charge in [0.2, 0.25) is 5.91 Å². The summed E-state index contributed by atoms with van der Waals surface area (Å²) in [7, 11) is 0. The molecule has 1 saturated heterocycles. The first-order valence-corrected chi connectivity index (χ1v) is 9.13. The number of carbonyl (C=O) groups is 1. The van der Waals surface area contributed by atoms with Crippen molar-refractivity contribution in [2.75, 3.05) is 31.3 Å². The minimum atomic E-state index is -0.454. The molecule has 2 aliphatic heterocycles. The lowest BCUT2D eigenvalue weighted by molar-refractivity contribution is -0.133. The van der Waals surface area contributed by atoms with Gasteiger partial charge in [0.1, 0.15) is 0 Å². The van der Waals surface area contributed by atoms with E-state index in [0.29, 0.717) is 25.8 Å². The highest BCUT2D eigenvalue weighted by Crippen LogP contribution is 2.32. The third-order valence-electron chi connectivity index (χ3n) is 4.89. The molecule has 2 heterocycles. The van der Waals surface area contributed by atoms with Gasteiger partial charge in [-0.3, -0.25) is 4.79 Å².